The maximum absolute atomic E-state index is 8.76. The van der Waals surface area contributed by atoms with Gasteiger partial charge in [0, 0.05) is 40.1 Å². The van der Waals surface area contributed by atoms with Crippen LogP contribution in [-0.2, 0) is 0 Å². The summed E-state index contributed by atoms with van der Waals surface area (Å²) in [7, 11) is 0. The highest BCUT2D eigenvalue weighted by molar-refractivity contribution is 8.06. The Hall–Kier alpha value is 1.71. The van der Waals surface area contributed by atoms with E-state index in [2.05, 4.69) is 55.7 Å². The zero-order valence-corrected chi connectivity index (χ0v) is 16.7. The molecule has 122 valence electrons. The lowest BCUT2D eigenvalue weighted by atomic mass is 10.4. The van der Waals surface area contributed by atoms with E-state index in [-0.39, 0.29) is 0 Å². The molecule has 0 rings (SSSR count). The van der Waals surface area contributed by atoms with Crippen molar-refractivity contribution in [2.24, 2.45) is 0 Å². The fourth-order valence-electron chi connectivity index (χ4n) is 1.53. The Morgan fingerprint density at radius 3 is 1.90 bits per heavy atom. The molecule has 2 unspecified atom stereocenters. The molecular formula is C14H30OS5. The van der Waals surface area contributed by atoms with Gasteiger partial charge in [-0.3, -0.25) is 0 Å². The van der Waals surface area contributed by atoms with Crippen LogP contribution < -0.4 is 0 Å². The van der Waals surface area contributed by atoms with Crippen LogP contribution in [0.5, 0.6) is 0 Å². The molecule has 2 atom stereocenters. The predicted molar refractivity (Wildman–Crippen MR) is 109 cm³/mol. The molecule has 20 heavy (non-hydrogen) atoms. The van der Waals surface area contributed by atoms with E-state index < -0.39 is 0 Å². The molecule has 0 aliphatic rings. The molecule has 0 fully saturated rings. The Kier molecular flexibility index (Phi) is 18.5. The molecule has 0 aromatic heterocycles. The predicted octanol–water partition coefficient (Wildman–Crippen LogP) is 4.36. The SMILES string of the molecule is CCCCSCC(CS)SC(CS)CSCCCCO. The molecule has 0 saturated heterocycles. The van der Waals surface area contributed by atoms with E-state index in [4.69, 9.17) is 5.11 Å². The van der Waals surface area contributed by atoms with Gasteiger partial charge in [0.2, 0.25) is 0 Å². The third kappa shape index (κ3) is 13.4. The van der Waals surface area contributed by atoms with Gasteiger partial charge >= 0.3 is 0 Å². The van der Waals surface area contributed by atoms with Crippen LogP contribution in [0.4, 0.5) is 0 Å². The van der Waals surface area contributed by atoms with Crippen LogP contribution in [0.15, 0.2) is 0 Å². The smallest absolute Gasteiger partial charge is 0.0431 e. The number of aliphatic hydroxyl groups is 1. The van der Waals surface area contributed by atoms with Gasteiger partial charge in [-0.25, -0.2) is 0 Å². The molecule has 0 saturated carbocycles. The van der Waals surface area contributed by atoms with Crippen LogP contribution in [0.25, 0.3) is 0 Å². The highest BCUT2D eigenvalue weighted by Gasteiger charge is 2.15. The van der Waals surface area contributed by atoms with Gasteiger partial charge in [-0.2, -0.15) is 60.5 Å². The molecule has 0 radical (unpaired) electrons. The van der Waals surface area contributed by atoms with Crippen molar-refractivity contribution < 1.29 is 5.11 Å². The van der Waals surface area contributed by atoms with E-state index in [9.17, 15) is 0 Å². The maximum Gasteiger partial charge on any atom is 0.0431 e. The number of rotatable bonds is 15. The molecule has 0 aliphatic carbocycles. The van der Waals surface area contributed by atoms with Crippen molar-refractivity contribution in [1.82, 2.24) is 0 Å². The van der Waals surface area contributed by atoms with E-state index in [0.29, 0.717) is 17.1 Å². The lowest BCUT2D eigenvalue weighted by Gasteiger charge is -2.20. The first-order valence-electron chi connectivity index (χ1n) is 7.41. The third-order valence-electron chi connectivity index (χ3n) is 2.74. The summed E-state index contributed by atoms with van der Waals surface area (Å²) >= 11 is 15.1. The van der Waals surface area contributed by atoms with Gasteiger partial charge in [0.05, 0.1) is 0 Å². The first kappa shape index (κ1) is 21.7. The normalized spacial score (nSPS) is 14.4. The molecular weight excluding hydrogens is 344 g/mol. The zero-order chi connectivity index (χ0) is 15.1. The second kappa shape index (κ2) is 17.1. The minimum Gasteiger partial charge on any atom is -0.396 e. The van der Waals surface area contributed by atoms with E-state index >= 15 is 0 Å². The van der Waals surface area contributed by atoms with E-state index in [0.717, 1.165) is 30.1 Å². The maximum atomic E-state index is 8.76. The average molecular weight is 375 g/mol. The monoisotopic (exact) mass is 374 g/mol. The number of unbranched alkanes of at least 4 members (excludes halogenated alkanes) is 2. The quantitative estimate of drug-likeness (QED) is 0.292. The van der Waals surface area contributed by atoms with Gasteiger partial charge in [-0.1, -0.05) is 13.3 Å². The summed E-state index contributed by atoms with van der Waals surface area (Å²) < 4.78 is 0. The average Bonchev–Trinajstić information content (AvgIpc) is 2.48. The number of aliphatic hydroxyl groups excluding tert-OH is 1. The number of thioether (sulfide) groups is 3. The molecule has 0 aromatic rings. The summed E-state index contributed by atoms with van der Waals surface area (Å²) in [5.41, 5.74) is 0. The molecule has 0 aliphatic heterocycles. The molecule has 6 heteroatoms. The second-order valence-corrected chi connectivity index (χ2v) is 9.31. The van der Waals surface area contributed by atoms with Crippen molar-refractivity contribution in [3.8, 4) is 0 Å². The summed E-state index contributed by atoms with van der Waals surface area (Å²) in [6.45, 7) is 2.57. The fourth-order valence-corrected chi connectivity index (χ4v) is 6.58. The van der Waals surface area contributed by atoms with E-state index in [1.807, 2.05) is 11.8 Å². The Morgan fingerprint density at radius 1 is 0.900 bits per heavy atom. The van der Waals surface area contributed by atoms with Crippen LogP contribution >= 0.6 is 60.5 Å². The van der Waals surface area contributed by atoms with Crippen LogP contribution in [0.3, 0.4) is 0 Å². The van der Waals surface area contributed by atoms with Gasteiger partial charge in [0.1, 0.15) is 0 Å². The largest absolute Gasteiger partial charge is 0.396 e. The Bertz CT molecular complexity index is 194. The van der Waals surface area contributed by atoms with Crippen LogP contribution in [-0.4, -0.2) is 56.7 Å². The highest BCUT2D eigenvalue weighted by atomic mass is 32.2. The van der Waals surface area contributed by atoms with Crippen LogP contribution in [0, 0.1) is 0 Å². The van der Waals surface area contributed by atoms with Crippen molar-refractivity contribution in [3.63, 3.8) is 0 Å². The molecule has 0 spiro atoms. The minimum absolute atomic E-state index is 0.321. The van der Waals surface area contributed by atoms with E-state index in [1.54, 1.807) is 0 Å². The number of hydrogen-bond acceptors (Lipinski definition) is 6. The molecule has 0 heterocycles. The summed E-state index contributed by atoms with van der Waals surface area (Å²) in [6.07, 6.45) is 4.66. The first-order chi connectivity index (χ1) is 9.78. The Morgan fingerprint density at radius 2 is 1.45 bits per heavy atom. The number of thiol groups is 2. The molecule has 1 nitrogen and oxygen atoms in total. The Labute approximate surface area is 149 Å². The van der Waals surface area contributed by atoms with Crippen LogP contribution in [0.2, 0.25) is 0 Å². The summed E-state index contributed by atoms with van der Waals surface area (Å²) in [5, 5.41) is 10.0. The van der Waals surface area contributed by atoms with Crippen molar-refractivity contribution in [1.29, 1.82) is 0 Å². The highest BCUT2D eigenvalue weighted by Crippen LogP contribution is 2.26. The zero-order valence-electron chi connectivity index (χ0n) is 12.5. The number of hydrogen-bond donors (Lipinski definition) is 3. The summed E-state index contributed by atoms with van der Waals surface area (Å²) in [5.74, 6) is 6.73. The van der Waals surface area contributed by atoms with Gasteiger partial charge < -0.3 is 5.11 Å². The molecule has 0 aromatic carbocycles. The summed E-state index contributed by atoms with van der Waals surface area (Å²) in [4.78, 5) is 0. The molecule has 1 N–H and O–H groups in total. The van der Waals surface area contributed by atoms with Gasteiger partial charge in [0.25, 0.3) is 0 Å². The van der Waals surface area contributed by atoms with Crippen molar-refractivity contribution in [2.75, 3.05) is 41.1 Å². The van der Waals surface area contributed by atoms with Gasteiger partial charge in [0.15, 0.2) is 0 Å². The van der Waals surface area contributed by atoms with E-state index in [1.165, 1.54) is 30.1 Å². The first-order valence-corrected chi connectivity index (χ1v) is 11.9. The topological polar surface area (TPSA) is 20.2 Å². The molecule has 0 bridgehead atoms. The van der Waals surface area contributed by atoms with Crippen molar-refractivity contribution >= 4 is 60.5 Å². The third-order valence-corrected chi connectivity index (χ3v) is 8.40. The van der Waals surface area contributed by atoms with Crippen molar-refractivity contribution in [3.05, 3.63) is 0 Å². The van der Waals surface area contributed by atoms with Crippen LogP contribution in [0.1, 0.15) is 32.6 Å². The second-order valence-electron chi connectivity index (χ2n) is 4.68. The van der Waals surface area contributed by atoms with Gasteiger partial charge in [-0.15, -0.1) is 0 Å². The lowest BCUT2D eigenvalue weighted by molar-refractivity contribution is 0.287. The minimum atomic E-state index is 0.321. The standard InChI is InChI=1S/C14H30OS5/c1-2-3-7-18-11-13(9-16)20-14(10-17)12-19-8-5-4-6-15/h13-17H,2-12H2,1H3. The lowest BCUT2D eigenvalue weighted by Crippen LogP contribution is -2.18. The molecule has 0 amide bonds. The Balaban J connectivity index is 3.74. The van der Waals surface area contributed by atoms with Gasteiger partial charge in [-0.05, 0) is 30.8 Å². The van der Waals surface area contributed by atoms with Crippen molar-refractivity contribution in [2.45, 2.75) is 43.1 Å². The summed E-state index contributed by atoms with van der Waals surface area (Å²) in [6, 6.07) is 0. The fraction of sp³-hybridized carbons (Fsp3) is 1.00.